The maximum atomic E-state index is 11.5. The lowest BCUT2D eigenvalue weighted by molar-refractivity contribution is -0.140. The molecule has 33 heavy (non-hydrogen) atoms. The number of hydrogen-bond acceptors (Lipinski definition) is 3. The highest BCUT2D eigenvalue weighted by Gasteiger charge is 2.38. The monoisotopic (exact) mass is 472 g/mol. The molecule has 1 aromatic rings. The zero-order valence-electron chi connectivity index (χ0n) is 22.3. The Morgan fingerprint density at radius 3 is 2.27 bits per heavy atom. The van der Waals surface area contributed by atoms with Crippen molar-refractivity contribution in [3.05, 3.63) is 47.5 Å². The molecular formula is C29H48O3Si. The predicted molar refractivity (Wildman–Crippen MR) is 146 cm³/mol. The van der Waals surface area contributed by atoms with E-state index < -0.39 is 8.32 Å². The van der Waals surface area contributed by atoms with Crippen molar-refractivity contribution in [3.8, 4) is 0 Å². The molecule has 0 aliphatic carbocycles. The molecule has 0 saturated carbocycles. The lowest BCUT2D eigenvalue weighted by Crippen LogP contribution is -2.43. The quantitative estimate of drug-likeness (QED) is 0.145. The summed E-state index contributed by atoms with van der Waals surface area (Å²) in [5, 5.41) is 0.156. The minimum absolute atomic E-state index is 0.0506. The van der Waals surface area contributed by atoms with Crippen LogP contribution in [0.2, 0.25) is 18.1 Å². The molecule has 0 spiro atoms. The highest BCUT2D eigenvalue weighted by atomic mass is 28.4. The smallest absolute Gasteiger partial charge is 0.305 e. The van der Waals surface area contributed by atoms with Gasteiger partial charge in [-0.1, -0.05) is 102 Å². The van der Waals surface area contributed by atoms with Crippen LogP contribution >= 0.6 is 0 Å². The number of unbranched alkanes of at least 4 members (excludes halogenated alkanes) is 5. The van der Waals surface area contributed by atoms with E-state index >= 15 is 0 Å². The van der Waals surface area contributed by atoms with Crippen LogP contribution in [0.3, 0.4) is 0 Å². The summed E-state index contributed by atoms with van der Waals surface area (Å²) in [7, 11) is -0.453. The number of allylic oxidation sites excluding steroid dienone is 1. The highest BCUT2D eigenvalue weighted by Crippen LogP contribution is 2.38. The Hall–Kier alpha value is -1.65. The normalized spacial score (nSPS) is 13.7. The number of rotatable bonds is 15. The lowest BCUT2D eigenvalue weighted by Gasteiger charge is -2.38. The number of ether oxygens (including phenoxy) is 1. The predicted octanol–water partition coefficient (Wildman–Crippen LogP) is 8.81. The Morgan fingerprint density at radius 2 is 1.67 bits per heavy atom. The van der Waals surface area contributed by atoms with Gasteiger partial charge >= 0.3 is 5.97 Å². The zero-order chi connectivity index (χ0) is 24.7. The second-order valence-electron chi connectivity index (χ2n) is 10.5. The first-order chi connectivity index (χ1) is 15.6. The average Bonchev–Trinajstić information content (AvgIpc) is 2.76. The first-order valence-corrected chi connectivity index (χ1v) is 15.7. The molecule has 4 heteroatoms. The maximum absolute atomic E-state index is 11.5. The molecule has 3 nitrogen and oxygen atoms in total. The van der Waals surface area contributed by atoms with E-state index in [2.05, 4.69) is 89.4 Å². The van der Waals surface area contributed by atoms with Crippen molar-refractivity contribution < 1.29 is 14.0 Å². The van der Waals surface area contributed by atoms with Crippen LogP contribution in [0, 0.1) is 0 Å². The maximum Gasteiger partial charge on any atom is 0.305 e. The van der Waals surface area contributed by atoms with Gasteiger partial charge in [0.1, 0.15) is 0 Å². The van der Waals surface area contributed by atoms with Crippen LogP contribution in [0.25, 0.3) is 12.2 Å². The molecular weight excluding hydrogens is 424 g/mol. The third kappa shape index (κ3) is 11.9. The SMILES string of the molecule is CCCCCC/C=C/c1ccccc1/C=C/C(CCCCC(=O)OC)O[Si](C)(C)C(C)(C)C. The second kappa shape index (κ2) is 15.3. The zero-order valence-corrected chi connectivity index (χ0v) is 23.3. The third-order valence-electron chi connectivity index (χ3n) is 6.61. The molecule has 0 bridgehead atoms. The fourth-order valence-electron chi connectivity index (χ4n) is 3.39. The van der Waals surface area contributed by atoms with Crippen LogP contribution in [0.1, 0.15) is 96.6 Å². The summed E-state index contributed by atoms with van der Waals surface area (Å²) in [6.07, 6.45) is 18.5. The molecule has 0 aromatic heterocycles. The molecule has 1 aromatic carbocycles. The van der Waals surface area contributed by atoms with Crippen LogP contribution in [-0.2, 0) is 14.0 Å². The first-order valence-electron chi connectivity index (χ1n) is 12.8. The molecule has 0 aliphatic rings. The minimum atomic E-state index is -1.90. The summed E-state index contributed by atoms with van der Waals surface area (Å²) in [4.78, 5) is 11.5. The van der Waals surface area contributed by atoms with E-state index in [1.807, 2.05) is 0 Å². The molecule has 0 aliphatic heterocycles. The van der Waals surface area contributed by atoms with Crippen LogP contribution in [0.15, 0.2) is 36.4 Å². The van der Waals surface area contributed by atoms with Gasteiger partial charge in [0.25, 0.3) is 0 Å². The molecule has 0 saturated heterocycles. The van der Waals surface area contributed by atoms with E-state index in [0.717, 1.165) is 25.7 Å². The topological polar surface area (TPSA) is 35.5 Å². The van der Waals surface area contributed by atoms with Crippen LogP contribution < -0.4 is 0 Å². The number of carbonyl (C=O) groups is 1. The van der Waals surface area contributed by atoms with Gasteiger partial charge in [0.2, 0.25) is 0 Å². The van der Waals surface area contributed by atoms with Crippen molar-refractivity contribution >= 4 is 26.4 Å². The van der Waals surface area contributed by atoms with Crippen molar-refractivity contribution in [2.45, 2.75) is 110 Å². The number of hydrogen-bond donors (Lipinski definition) is 0. The van der Waals surface area contributed by atoms with E-state index in [9.17, 15) is 4.79 Å². The number of benzene rings is 1. The van der Waals surface area contributed by atoms with Gasteiger partial charge in [-0.2, -0.15) is 0 Å². The Bertz CT molecular complexity index is 743. The van der Waals surface area contributed by atoms with E-state index in [0.29, 0.717) is 6.42 Å². The van der Waals surface area contributed by atoms with Gasteiger partial charge in [0.05, 0.1) is 13.2 Å². The largest absolute Gasteiger partial charge is 0.469 e. The van der Waals surface area contributed by atoms with Crippen molar-refractivity contribution in [3.63, 3.8) is 0 Å². The van der Waals surface area contributed by atoms with Gasteiger partial charge in [0, 0.05) is 6.42 Å². The molecule has 1 rings (SSSR count). The summed E-state index contributed by atoms with van der Waals surface area (Å²) in [5.41, 5.74) is 2.47. The molecule has 0 fully saturated rings. The van der Waals surface area contributed by atoms with Crippen molar-refractivity contribution in [2.75, 3.05) is 7.11 Å². The Morgan fingerprint density at radius 1 is 1.00 bits per heavy atom. The van der Waals surface area contributed by atoms with Crippen LogP contribution in [0.5, 0.6) is 0 Å². The van der Waals surface area contributed by atoms with Gasteiger partial charge in [-0.15, -0.1) is 0 Å². The molecule has 1 unspecified atom stereocenters. The first kappa shape index (κ1) is 29.4. The fourth-order valence-corrected chi connectivity index (χ4v) is 4.70. The molecule has 186 valence electrons. The van der Waals surface area contributed by atoms with E-state index in [1.165, 1.54) is 43.9 Å². The third-order valence-corrected chi connectivity index (χ3v) is 11.1. The molecule has 0 N–H and O–H groups in total. The molecule has 1 atom stereocenters. The summed E-state index contributed by atoms with van der Waals surface area (Å²) < 4.78 is 11.5. The molecule has 0 amide bonds. The molecule has 0 radical (unpaired) electrons. The van der Waals surface area contributed by atoms with Crippen LogP contribution in [0.4, 0.5) is 0 Å². The summed E-state index contributed by atoms with van der Waals surface area (Å²) >= 11 is 0. The van der Waals surface area contributed by atoms with Crippen molar-refractivity contribution in [1.82, 2.24) is 0 Å². The van der Waals surface area contributed by atoms with E-state index in [4.69, 9.17) is 9.16 Å². The van der Waals surface area contributed by atoms with Crippen molar-refractivity contribution in [1.29, 1.82) is 0 Å². The Labute approximate surface area is 204 Å². The Kier molecular flexibility index (Phi) is 13.6. The summed E-state index contributed by atoms with van der Waals surface area (Å²) in [5.74, 6) is -0.136. The van der Waals surface area contributed by atoms with Gasteiger partial charge in [-0.05, 0) is 54.9 Å². The lowest BCUT2D eigenvalue weighted by atomic mass is 10.0. The molecule has 0 heterocycles. The van der Waals surface area contributed by atoms with Gasteiger partial charge in [-0.25, -0.2) is 0 Å². The number of esters is 1. The van der Waals surface area contributed by atoms with Gasteiger partial charge < -0.3 is 9.16 Å². The fraction of sp³-hybridized carbons (Fsp3) is 0.621. The highest BCUT2D eigenvalue weighted by molar-refractivity contribution is 6.74. The summed E-state index contributed by atoms with van der Waals surface area (Å²) in [6.45, 7) is 13.7. The van der Waals surface area contributed by atoms with Crippen molar-refractivity contribution in [2.24, 2.45) is 0 Å². The second-order valence-corrected chi connectivity index (χ2v) is 15.2. The van der Waals surface area contributed by atoms with Gasteiger partial charge in [-0.3, -0.25) is 4.79 Å². The Balaban J connectivity index is 2.89. The average molecular weight is 473 g/mol. The van der Waals surface area contributed by atoms with E-state index in [-0.39, 0.29) is 17.1 Å². The van der Waals surface area contributed by atoms with E-state index in [1.54, 1.807) is 0 Å². The minimum Gasteiger partial charge on any atom is -0.469 e. The number of methoxy groups -OCH3 is 1. The van der Waals surface area contributed by atoms with Gasteiger partial charge in [0.15, 0.2) is 8.32 Å². The van der Waals surface area contributed by atoms with Crippen LogP contribution in [-0.4, -0.2) is 27.5 Å². The summed E-state index contributed by atoms with van der Waals surface area (Å²) in [6, 6.07) is 8.55. The standard InChI is InChI=1S/C29H48O3Si/c1-8-9-10-11-12-13-18-25-19-14-15-20-26(25)23-24-27(21-16-17-22-28(30)31-5)32-33(6,7)29(2,3)4/h13-15,18-20,23-24,27H,8-12,16-17,21-22H2,1-7H3/b18-13+,24-23+. The number of carbonyl (C=O) groups excluding carboxylic acids is 1.